The van der Waals surface area contributed by atoms with E-state index in [9.17, 15) is 8.42 Å². The van der Waals surface area contributed by atoms with E-state index in [0.717, 1.165) is 0 Å². The molecule has 0 amide bonds. The fourth-order valence-electron chi connectivity index (χ4n) is 0.212. The lowest BCUT2D eigenvalue weighted by molar-refractivity contribution is 0.225. The first-order valence-electron chi connectivity index (χ1n) is 2.12. The van der Waals surface area contributed by atoms with Crippen LogP contribution in [0.3, 0.4) is 0 Å². The van der Waals surface area contributed by atoms with Crippen LogP contribution < -0.4 is 16.6 Å². The van der Waals surface area contributed by atoms with Crippen LogP contribution in [0.15, 0.2) is 0 Å². The third-order valence-corrected chi connectivity index (χ3v) is 1.01. The van der Waals surface area contributed by atoms with Crippen molar-refractivity contribution in [3.63, 3.8) is 0 Å². The lowest BCUT2D eigenvalue weighted by Gasteiger charge is -2.05. The van der Waals surface area contributed by atoms with Gasteiger partial charge in [-0.1, -0.05) is 0 Å². The first kappa shape index (κ1) is 8.79. The van der Waals surface area contributed by atoms with Crippen molar-refractivity contribution in [2.75, 3.05) is 6.54 Å². The molecule has 0 saturated heterocycles. The summed E-state index contributed by atoms with van der Waals surface area (Å²) in [4.78, 5) is 0. The van der Waals surface area contributed by atoms with Gasteiger partial charge in [-0.15, -0.1) is 0 Å². The molecule has 0 heterocycles. The minimum Gasteiger partial charge on any atom is -0.327 e. The van der Waals surface area contributed by atoms with Crippen LogP contribution in [-0.4, -0.2) is 21.2 Å². The molecule has 0 bridgehead atoms. The Labute approximate surface area is 53.2 Å². The molecule has 0 fully saturated rings. The third kappa shape index (κ3) is 5.66. The highest BCUT2D eigenvalue weighted by atomic mass is 32.2. The summed E-state index contributed by atoms with van der Waals surface area (Å²) in [6, 6.07) is 0. The van der Waals surface area contributed by atoms with Gasteiger partial charge in [0, 0.05) is 6.54 Å². The standard InChI is InChI=1S/C2H9N3O3S/c3-1-2(4)8-9(5,6)7/h2H,1,3-4H2,(H2,5,6,7). The van der Waals surface area contributed by atoms with Crippen LogP contribution in [0.2, 0.25) is 0 Å². The molecule has 0 saturated carbocycles. The number of hydrogen-bond acceptors (Lipinski definition) is 5. The summed E-state index contributed by atoms with van der Waals surface area (Å²) in [6.45, 7) is -0.0869. The normalized spacial score (nSPS) is 15.4. The predicted molar refractivity (Wildman–Crippen MR) is 31.2 cm³/mol. The summed E-state index contributed by atoms with van der Waals surface area (Å²) in [5.74, 6) is 0. The van der Waals surface area contributed by atoms with E-state index in [-0.39, 0.29) is 6.54 Å². The molecule has 0 aliphatic rings. The van der Waals surface area contributed by atoms with Gasteiger partial charge in [0.05, 0.1) is 0 Å². The minimum absolute atomic E-state index is 0.0869. The molecule has 0 spiro atoms. The summed E-state index contributed by atoms with van der Waals surface area (Å²) in [7, 11) is -3.94. The molecule has 6 N–H and O–H groups in total. The quantitative estimate of drug-likeness (QED) is 0.387. The van der Waals surface area contributed by atoms with E-state index >= 15 is 0 Å². The van der Waals surface area contributed by atoms with Gasteiger partial charge in [0.1, 0.15) is 6.23 Å². The van der Waals surface area contributed by atoms with Crippen LogP contribution in [0.25, 0.3) is 0 Å². The first-order chi connectivity index (χ1) is 3.95. The molecule has 0 radical (unpaired) electrons. The molecule has 1 atom stereocenters. The molecular formula is C2H9N3O3S. The molecule has 1 unspecified atom stereocenters. The average Bonchev–Trinajstić information content (AvgIpc) is 1.62. The first-order valence-corrected chi connectivity index (χ1v) is 3.59. The van der Waals surface area contributed by atoms with Gasteiger partial charge in [0.25, 0.3) is 0 Å². The van der Waals surface area contributed by atoms with Crippen LogP contribution in [0, 0.1) is 0 Å². The highest BCUT2D eigenvalue weighted by Gasteiger charge is 2.07. The second kappa shape index (κ2) is 3.08. The van der Waals surface area contributed by atoms with Crippen molar-refractivity contribution < 1.29 is 12.6 Å². The third-order valence-electron chi connectivity index (χ3n) is 0.490. The Kier molecular flexibility index (Phi) is 3.01. The van der Waals surface area contributed by atoms with E-state index < -0.39 is 16.5 Å². The van der Waals surface area contributed by atoms with Crippen LogP contribution in [0.1, 0.15) is 0 Å². The van der Waals surface area contributed by atoms with E-state index in [1.54, 1.807) is 0 Å². The van der Waals surface area contributed by atoms with Gasteiger partial charge in [0.2, 0.25) is 0 Å². The van der Waals surface area contributed by atoms with Crippen LogP contribution >= 0.6 is 0 Å². The topological polar surface area (TPSA) is 121 Å². The number of hydrogen-bond donors (Lipinski definition) is 3. The molecule has 9 heavy (non-hydrogen) atoms. The van der Waals surface area contributed by atoms with E-state index in [1.807, 2.05) is 0 Å². The van der Waals surface area contributed by atoms with Gasteiger partial charge < -0.3 is 11.5 Å². The summed E-state index contributed by atoms with van der Waals surface area (Å²) >= 11 is 0. The van der Waals surface area contributed by atoms with E-state index in [1.165, 1.54) is 0 Å². The molecule has 56 valence electrons. The molecule has 7 heteroatoms. The number of rotatable bonds is 3. The molecule has 0 aromatic rings. The Morgan fingerprint density at radius 2 is 2.00 bits per heavy atom. The highest BCUT2D eigenvalue weighted by Crippen LogP contribution is 1.83. The van der Waals surface area contributed by atoms with Gasteiger partial charge in [-0.3, -0.25) is 0 Å². The zero-order valence-corrected chi connectivity index (χ0v) is 5.47. The zero-order valence-electron chi connectivity index (χ0n) is 4.65. The fourth-order valence-corrected chi connectivity index (χ4v) is 0.635. The summed E-state index contributed by atoms with van der Waals surface area (Å²) in [6.07, 6.45) is -1.04. The Hall–Kier alpha value is -0.210. The molecule has 0 aromatic heterocycles. The summed E-state index contributed by atoms with van der Waals surface area (Å²) < 4.78 is 24.0. The molecular weight excluding hydrogens is 146 g/mol. The maximum atomic E-state index is 10.0. The van der Waals surface area contributed by atoms with Gasteiger partial charge in [-0.05, 0) is 0 Å². The smallest absolute Gasteiger partial charge is 0.327 e. The van der Waals surface area contributed by atoms with Crippen LogP contribution in [0.4, 0.5) is 0 Å². The van der Waals surface area contributed by atoms with Crippen molar-refractivity contribution in [1.82, 2.24) is 0 Å². The fraction of sp³-hybridized carbons (Fsp3) is 1.00. The van der Waals surface area contributed by atoms with E-state index in [2.05, 4.69) is 9.32 Å². The van der Waals surface area contributed by atoms with Crippen molar-refractivity contribution in [3.8, 4) is 0 Å². The maximum Gasteiger partial charge on any atom is 0.334 e. The van der Waals surface area contributed by atoms with Crippen molar-refractivity contribution in [3.05, 3.63) is 0 Å². The summed E-state index contributed by atoms with van der Waals surface area (Å²) in [5, 5.41) is 4.43. The SMILES string of the molecule is NCC(N)OS(N)(=O)=O. The predicted octanol–water partition coefficient (Wildman–Crippen LogP) is -2.55. The van der Waals surface area contributed by atoms with Gasteiger partial charge in [0.15, 0.2) is 0 Å². The van der Waals surface area contributed by atoms with E-state index in [0.29, 0.717) is 0 Å². The minimum atomic E-state index is -3.94. The van der Waals surface area contributed by atoms with Gasteiger partial charge in [-0.2, -0.15) is 8.42 Å². The largest absolute Gasteiger partial charge is 0.334 e. The maximum absolute atomic E-state index is 10.0. The van der Waals surface area contributed by atoms with Gasteiger partial charge in [-0.25, -0.2) is 9.32 Å². The molecule has 0 aliphatic carbocycles. The Bertz CT molecular complexity index is 164. The number of nitrogens with two attached hydrogens (primary N) is 3. The second-order valence-electron chi connectivity index (χ2n) is 1.36. The Morgan fingerprint density at radius 1 is 1.56 bits per heavy atom. The van der Waals surface area contributed by atoms with Crippen molar-refractivity contribution in [1.29, 1.82) is 0 Å². The molecule has 0 rings (SSSR count). The molecule has 0 aromatic carbocycles. The second-order valence-corrected chi connectivity index (χ2v) is 2.54. The average molecular weight is 155 g/mol. The van der Waals surface area contributed by atoms with Crippen molar-refractivity contribution >= 4 is 10.3 Å². The Balaban J connectivity index is 3.75. The highest BCUT2D eigenvalue weighted by molar-refractivity contribution is 7.84. The van der Waals surface area contributed by atoms with E-state index in [4.69, 9.17) is 11.5 Å². The van der Waals surface area contributed by atoms with Gasteiger partial charge >= 0.3 is 10.3 Å². The monoisotopic (exact) mass is 155 g/mol. The van der Waals surface area contributed by atoms with Crippen LogP contribution in [0.5, 0.6) is 0 Å². The lowest BCUT2D eigenvalue weighted by atomic mass is 10.6. The van der Waals surface area contributed by atoms with Crippen molar-refractivity contribution in [2.24, 2.45) is 16.6 Å². The molecule has 6 nitrogen and oxygen atoms in total. The molecule has 0 aliphatic heterocycles. The lowest BCUT2D eigenvalue weighted by Crippen LogP contribution is -2.36. The van der Waals surface area contributed by atoms with Crippen LogP contribution in [-0.2, 0) is 14.5 Å². The summed E-state index contributed by atoms with van der Waals surface area (Å²) in [5.41, 5.74) is 9.86. The zero-order chi connectivity index (χ0) is 7.49. The Morgan fingerprint density at radius 3 is 2.11 bits per heavy atom. The van der Waals surface area contributed by atoms with Crippen molar-refractivity contribution in [2.45, 2.75) is 6.23 Å².